The first-order valence-electron chi connectivity index (χ1n) is 8.51. The minimum absolute atomic E-state index is 0.182. The van der Waals surface area contributed by atoms with Crippen LogP contribution in [0.2, 0.25) is 0 Å². The number of nitrogens with zero attached hydrogens (tertiary/aromatic N) is 3. The van der Waals surface area contributed by atoms with Crippen molar-refractivity contribution in [3.8, 4) is 6.07 Å². The number of hydrogen-bond acceptors (Lipinski definition) is 5. The second kappa shape index (κ2) is 7.75. The van der Waals surface area contributed by atoms with Crippen LogP contribution in [0.1, 0.15) is 30.9 Å². The third kappa shape index (κ3) is 3.97. The van der Waals surface area contributed by atoms with Gasteiger partial charge in [-0.3, -0.25) is 19.3 Å². The molecule has 0 spiro atoms. The zero-order valence-electron chi connectivity index (χ0n) is 14.5. The van der Waals surface area contributed by atoms with Crippen molar-refractivity contribution in [3.63, 3.8) is 0 Å². The second-order valence-electron chi connectivity index (χ2n) is 6.56. The van der Waals surface area contributed by atoms with Crippen LogP contribution in [-0.4, -0.2) is 46.5 Å². The van der Waals surface area contributed by atoms with Crippen LogP contribution in [-0.2, 0) is 9.59 Å². The average Bonchev–Trinajstić information content (AvgIpc) is 2.90. The number of amides is 3. The van der Waals surface area contributed by atoms with Crippen LogP contribution in [0, 0.1) is 17.2 Å². The third-order valence-corrected chi connectivity index (χ3v) is 5.55. The number of piperidine rings is 1. The molecule has 134 valence electrons. The molecular formula is C19H19N3O3S. The molecular weight excluding hydrogens is 350 g/mol. The molecule has 2 aliphatic heterocycles. The first kappa shape index (κ1) is 18.2. The molecule has 0 saturated carbocycles. The maximum Gasteiger partial charge on any atom is 0.294 e. The van der Waals surface area contributed by atoms with Gasteiger partial charge in [0.15, 0.2) is 0 Å². The van der Waals surface area contributed by atoms with E-state index in [0.717, 1.165) is 35.1 Å². The second-order valence-corrected chi connectivity index (χ2v) is 7.56. The number of thioether (sulfide) groups is 1. The Hall–Kier alpha value is -2.59. The fraction of sp³-hybridized carbons (Fsp3) is 0.368. The lowest BCUT2D eigenvalue weighted by Crippen LogP contribution is -2.45. The van der Waals surface area contributed by atoms with Gasteiger partial charge in [-0.25, -0.2) is 0 Å². The Bertz CT molecular complexity index is 802. The fourth-order valence-electron chi connectivity index (χ4n) is 2.93. The Morgan fingerprint density at radius 2 is 1.92 bits per heavy atom. The summed E-state index contributed by atoms with van der Waals surface area (Å²) in [5, 5.41) is 8.40. The molecule has 0 bridgehead atoms. The van der Waals surface area contributed by atoms with Gasteiger partial charge in [-0.2, -0.15) is 5.26 Å². The predicted molar refractivity (Wildman–Crippen MR) is 98.8 cm³/mol. The van der Waals surface area contributed by atoms with Crippen molar-refractivity contribution in [2.75, 3.05) is 19.6 Å². The zero-order valence-corrected chi connectivity index (χ0v) is 15.3. The molecule has 26 heavy (non-hydrogen) atoms. The first-order chi connectivity index (χ1) is 12.5. The Labute approximate surface area is 156 Å². The fourth-order valence-corrected chi connectivity index (χ4v) is 3.77. The van der Waals surface area contributed by atoms with Crippen molar-refractivity contribution >= 4 is 34.9 Å². The van der Waals surface area contributed by atoms with E-state index < -0.39 is 11.1 Å². The number of carbonyl (C=O) groups is 3. The molecule has 0 aliphatic carbocycles. The van der Waals surface area contributed by atoms with Crippen LogP contribution in [0.25, 0.3) is 6.08 Å². The monoisotopic (exact) mass is 369 g/mol. The van der Waals surface area contributed by atoms with Gasteiger partial charge in [-0.05, 0) is 54.3 Å². The van der Waals surface area contributed by atoms with Crippen LogP contribution in [0.3, 0.4) is 0 Å². The Kier molecular flexibility index (Phi) is 5.43. The summed E-state index contributed by atoms with van der Waals surface area (Å²) in [6, 6.07) is 8.76. The standard InChI is InChI=1S/C19H19N3O3S/c1-13-6-8-21(9-7-13)17(23)12-22-18(24)16(26-19(22)25)10-14-2-4-15(11-20)5-3-14/h2-5,10,13H,6-9,12H2,1H3/b16-10+. The molecule has 0 atom stereocenters. The van der Waals surface area contributed by atoms with Gasteiger partial charge in [0.2, 0.25) is 5.91 Å². The maximum absolute atomic E-state index is 12.5. The summed E-state index contributed by atoms with van der Waals surface area (Å²) in [6.45, 7) is 3.31. The largest absolute Gasteiger partial charge is 0.341 e. The van der Waals surface area contributed by atoms with Gasteiger partial charge in [0, 0.05) is 13.1 Å². The van der Waals surface area contributed by atoms with Gasteiger partial charge in [0.1, 0.15) is 6.54 Å². The number of hydrogen-bond donors (Lipinski definition) is 0. The summed E-state index contributed by atoms with van der Waals surface area (Å²) in [5.41, 5.74) is 1.25. The molecule has 0 N–H and O–H groups in total. The van der Waals surface area contributed by atoms with Crippen LogP contribution in [0.4, 0.5) is 4.79 Å². The minimum Gasteiger partial charge on any atom is -0.341 e. The van der Waals surface area contributed by atoms with E-state index in [2.05, 4.69) is 6.92 Å². The van der Waals surface area contributed by atoms with E-state index in [9.17, 15) is 14.4 Å². The van der Waals surface area contributed by atoms with Crippen LogP contribution in [0.5, 0.6) is 0 Å². The Balaban J connectivity index is 1.67. The summed E-state index contributed by atoms with van der Waals surface area (Å²) in [5.74, 6) is -0.0199. The highest BCUT2D eigenvalue weighted by molar-refractivity contribution is 8.18. The maximum atomic E-state index is 12.5. The zero-order chi connectivity index (χ0) is 18.7. The molecule has 7 heteroatoms. The van der Waals surface area contributed by atoms with Gasteiger partial charge in [-0.15, -0.1) is 0 Å². The lowest BCUT2D eigenvalue weighted by molar-refractivity contribution is -0.136. The van der Waals surface area contributed by atoms with Crippen molar-refractivity contribution in [3.05, 3.63) is 40.3 Å². The number of rotatable bonds is 3. The number of likely N-dealkylation sites (tertiary alicyclic amines) is 1. The summed E-state index contributed by atoms with van der Waals surface area (Å²) in [7, 11) is 0. The van der Waals surface area contributed by atoms with Gasteiger partial charge in [0.05, 0.1) is 16.5 Å². The van der Waals surface area contributed by atoms with E-state index in [-0.39, 0.29) is 12.5 Å². The van der Waals surface area contributed by atoms with Gasteiger partial charge in [0.25, 0.3) is 11.1 Å². The van der Waals surface area contributed by atoms with Crippen molar-refractivity contribution in [1.29, 1.82) is 5.26 Å². The van der Waals surface area contributed by atoms with E-state index in [4.69, 9.17) is 5.26 Å². The van der Waals surface area contributed by atoms with Crippen molar-refractivity contribution in [1.82, 2.24) is 9.80 Å². The van der Waals surface area contributed by atoms with Crippen LogP contribution in [0.15, 0.2) is 29.2 Å². The first-order valence-corrected chi connectivity index (χ1v) is 9.33. The number of carbonyl (C=O) groups excluding carboxylic acids is 3. The molecule has 0 aromatic heterocycles. The molecule has 1 aromatic carbocycles. The molecule has 2 aliphatic rings. The van der Waals surface area contributed by atoms with Gasteiger partial charge in [-0.1, -0.05) is 19.1 Å². The van der Waals surface area contributed by atoms with E-state index in [1.807, 2.05) is 6.07 Å². The van der Waals surface area contributed by atoms with Crippen molar-refractivity contribution in [2.45, 2.75) is 19.8 Å². The average molecular weight is 369 g/mol. The Morgan fingerprint density at radius 3 is 2.54 bits per heavy atom. The molecule has 0 unspecified atom stereocenters. The van der Waals surface area contributed by atoms with E-state index >= 15 is 0 Å². The Morgan fingerprint density at radius 1 is 1.27 bits per heavy atom. The number of imide groups is 1. The summed E-state index contributed by atoms with van der Waals surface area (Å²) in [4.78, 5) is 40.1. The van der Waals surface area contributed by atoms with Gasteiger partial charge < -0.3 is 4.90 Å². The van der Waals surface area contributed by atoms with Crippen LogP contribution >= 0.6 is 11.8 Å². The van der Waals surface area contributed by atoms with E-state index in [1.54, 1.807) is 35.2 Å². The molecule has 6 nitrogen and oxygen atoms in total. The van der Waals surface area contributed by atoms with E-state index in [0.29, 0.717) is 29.5 Å². The molecule has 3 amide bonds. The minimum atomic E-state index is -0.442. The highest BCUT2D eigenvalue weighted by atomic mass is 32.2. The molecule has 3 rings (SSSR count). The SMILES string of the molecule is CC1CCN(C(=O)CN2C(=O)S/C(=C/c3ccc(C#N)cc3)C2=O)CC1. The molecule has 2 fully saturated rings. The molecule has 1 aromatic rings. The predicted octanol–water partition coefficient (Wildman–Crippen LogP) is 2.85. The quantitative estimate of drug-likeness (QED) is 0.765. The third-order valence-electron chi connectivity index (χ3n) is 4.64. The highest BCUT2D eigenvalue weighted by Crippen LogP contribution is 2.32. The van der Waals surface area contributed by atoms with Crippen molar-refractivity contribution < 1.29 is 14.4 Å². The lowest BCUT2D eigenvalue weighted by Gasteiger charge is -2.31. The van der Waals surface area contributed by atoms with E-state index in [1.165, 1.54) is 0 Å². The lowest BCUT2D eigenvalue weighted by atomic mass is 9.99. The van der Waals surface area contributed by atoms with Gasteiger partial charge >= 0.3 is 0 Å². The topological polar surface area (TPSA) is 81.5 Å². The van der Waals surface area contributed by atoms with Crippen LogP contribution < -0.4 is 0 Å². The normalized spacial score (nSPS) is 19.9. The van der Waals surface area contributed by atoms with Crippen molar-refractivity contribution in [2.24, 2.45) is 5.92 Å². The smallest absolute Gasteiger partial charge is 0.294 e. The highest BCUT2D eigenvalue weighted by Gasteiger charge is 2.37. The summed E-state index contributed by atoms with van der Waals surface area (Å²) in [6.07, 6.45) is 3.51. The molecule has 0 radical (unpaired) electrons. The number of nitriles is 1. The summed E-state index contributed by atoms with van der Waals surface area (Å²) < 4.78 is 0. The number of benzene rings is 1. The summed E-state index contributed by atoms with van der Waals surface area (Å²) >= 11 is 0.838. The molecule has 2 heterocycles. The molecule has 2 saturated heterocycles.